The number of hydrogen-bond acceptors (Lipinski definition) is 3. The molecule has 0 saturated heterocycles. The summed E-state index contributed by atoms with van der Waals surface area (Å²) >= 11 is 0. The van der Waals surface area contributed by atoms with Crippen molar-refractivity contribution in [3.63, 3.8) is 0 Å². The Labute approximate surface area is 108 Å². The Balaban J connectivity index is 2.80. The molecular weight excluding hydrogens is 260 g/mol. The van der Waals surface area contributed by atoms with Crippen LogP contribution in [0.3, 0.4) is 0 Å². The Morgan fingerprint density at radius 2 is 2.00 bits per heavy atom. The number of rotatable bonds is 6. The topological polar surface area (TPSA) is 75.6 Å². The highest BCUT2D eigenvalue weighted by Gasteiger charge is 2.16. The minimum atomic E-state index is -1.55. The summed E-state index contributed by atoms with van der Waals surface area (Å²) in [4.78, 5) is 22.0. The van der Waals surface area contributed by atoms with Crippen LogP contribution in [0.4, 0.5) is 14.5 Å². The highest BCUT2D eigenvalue weighted by molar-refractivity contribution is 5.94. The number of benzene rings is 1. The second-order valence-electron chi connectivity index (χ2n) is 3.72. The van der Waals surface area contributed by atoms with Crippen LogP contribution in [0.2, 0.25) is 0 Å². The van der Waals surface area contributed by atoms with Crippen molar-refractivity contribution in [3.05, 3.63) is 29.3 Å². The van der Waals surface area contributed by atoms with Crippen molar-refractivity contribution in [1.82, 2.24) is 0 Å². The molecule has 0 aliphatic carbocycles. The van der Waals surface area contributed by atoms with Gasteiger partial charge >= 0.3 is 5.97 Å². The van der Waals surface area contributed by atoms with Crippen molar-refractivity contribution in [2.24, 2.45) is 0 Å². The van der Waals surface area contributed by atoms with Crippen molar-refractivity contribution < 1.29 is 28.2 Å². The van der Waals surface area contributed by atoms with Gasteiger partial charge in [-0.2, -0.15) is 0 Å². The quantitative estimate of drug-likeness (QED) is 0.777. The molecule has 0 unspecified atom stereocenters. The number of aromatic carboxylic acids is 1. The number of nitrogens with one attached hydrogen (secondary N) is 1. The number of halogens is 2. The van der Waals surface area contributed by atoms with Crippen molar-refractivity contribution >= 4 is 17.6 Å². The molecule has 2 N–H and O–H groups in total. The number of anilines is 1. The SMILES string of the molecule is CCCOCC(=O)Nc1cc(C(=O)O)c(F)cc1F. The predicted molar refractivity (Wildman–Crippen MR) is 63.1 cm³/mol. The van der Waals surface area contributed by atoms with E-state index in [9.17, 15) is 18.4 Å². The number of hydrogen-bond donors (Lipinski definition) is 2. The van der Waals surface area contributed by atoms with Gasteiger partial charge in [-0.15, -0.1) is 0 Å². The third-order valence-electron chi connectivity index (χ3n) is 2.14. The van der Waals surface area contributed by atoms with E-state index < -0.39 is 34.8 Å². The fraction of sp³-hybridized carbons (Fsp3) is 0.333. The van der Waals surface area contributed by atoms with Crippen molar-refractivity contribution in [2.45, 2.75) is 13.3 Å². The molecule has 0 saturated carbocycles. The van der Waals surface area contributed by atoms with Crippen LogP contribution in [0.5, 0.6) is 0 Å². The molecule has 0 aliphatic heterocycles. The van der Waals surface area contributed by atoms with Crippen LogP contribution in [0.15, 0.2) is 12.1 Å². The first-order valence-electron chi connectivity index (χ1n) is 5.55. The van der Waals surface area contributed by atoms with Gasteiger partial charge in [0.1, 0.15) is 18.2 Å². The molecule has 0 heterocycles. The minimum absolute atomic E-state index is 0.285. The molecule has 1 amide bonds. The molecule has 0 fully saturated rings. The lowest BCUT2D eigenvalue weighted by atomic mass is 10.2. The summed E-state index contributed by atoms with van der Waals surface area (Å²) in [6.45, 7) is 1.95. The number of amides is 1. The van der Waals surface area contributed by atoms with Crippen LogP contribution in [-0.4, -0.2) is 30.2 Å². The third kappa shape index (κ3) is 4.29. The van der Waals surface area contributed by atoms with E-state index in [2.05, 4.69) is 5.32 Å². The molecule has 104 valence electrons. The summed E-state index contributed by atoms with van der Waals surface area (Å²) in [5.41, 5.74) is -1.12. The van der Waals surface area contributed by atoms with Gasteiger partial charge in [0.25, 0.3) is 0 Å². The lowest BCUT2D eigenvalue weighted by Gasteiger charge is -2.08. The number of carbonyl (C=O) groups is 2. The fourth-order valence-electron chi connectivity index (χ4n) is 1.30. The summed E-state index contributed by atoms with van der Waals surface area (Å²) < 4.78 is 31.4. The fourth-order valence-corrected chi connectivity index (χ4v) is 1.30. The highest BCUT2D eigenvalue weighted by atomic mass is 19.1. The lowest BCUT2D eigenvalue weighted by Crippen LogP contribution is -2.20. The Bertz CT molecular complexity index is 491. The van der Waals surface area contributed by atoms with Crippen LogP contribution in [-0.2, 0) is 9.53 Å². The third-order valence-corrected chi connectivity index (χ3v) is 2.14. The molecule has 0 radical (unpaired) electrons. The van der Waals surface area contributed by atoms with Gasteiger partial charge in [-0.3, -0.25) is 4.79 Å². The van der Waals surface area contributed by atoms with E-state index in [1.807, 2.05) is 6.92 Å². The van der Waals surface area contributed by atoms with E-state index in [1.165, 1.54) is 0 Å². The molecule has 1 aromatic carbocycles. The molecule has 19 heavy (non-hydrogen) atoms. The predicted octanol–water partition coefficient (Wildman–Crippen LogP) is 2.03. The Hall–Kier alpha value is -2.02. The summed E-state index contributed by atoms with van der Waals surface area (Å²) in [5.74, 6) is -4.44. The molecule has 0 atom stereocenters. The summed E-state index contributed by atoms with van der Waals surface area (Å²) in [7, 11) is 0. The van der Waals surface area contributed by atoms with E-state index in [4.69, 9.17) is 9.84 Å². The number of carboxylic acids is 1. The highest BCUT2D eigenvalue weighted by Crippen LogP contribution is 2.19. The van der Waals surface area contributed by atoms with E-state index in [0.717, 1.165) is 12.5 Å². The monoisotopic (exact) mass is 273 g/mol. The normalized spacial score (nSPS) is 10.3. The first-order chi connectivity index (χ1) is 8.95. The zero-order chi connectivity index (χ0) is 14.4. The van der Waals surface area contributed by atoms with Gasteiger partial charge in [-0.25, -0.2) is 13.6 Å². The molecule has 0 aliphatic rings. The van der Waals surface area contributed by atoms with Gasteiger partial charge in [0.2, 0.25) is 5.91 Å². The zero-order valence-corrected chi connectivity index (χ0v) is 10.2. The average Bonchev–Trinajstić information content (AvgIpc) is 2.32. The average molecular weight is 273 g/mol. The number of ether oxygens (including phenoxy) is 1. The lowest BCUT2D eigenvalue weighted by molar-refractivity contribution is -0.120. The molecule has 7 heteroatoms. The zero-order valence-electron chi connectivity index (χ0n) is 10.2. The first kappa shape index (κ1) is 15.0. The van der Waals surface area contributed by atoms with Gasteiger partial charge in [0.15, 0.2) is 0 Å². The van der Waals surface area contributed by atoms with Crippen molar-refractivity contribution in [1.29, 1.82) is 0 Å². The number of carboxylic acid groups (broad SMARTS) is 1. The summed E-state index contributed by atoms with van der Waals surface area (Å²) in [5, 5.41) is 10.8. The van der Waals surface area contributed by atoms with E-state index >= 15 is 0 Å². The molecule has 0 bridgehead atoms. The van der Waals surface area contributed by atoms with Crippen molar-refractivity contribution in [3.8, 4) is 0 Å². The standard InChI is InChI=1S/C12H13F2NO4/c1-2-3-19-6-11(16)15-10-4-7(12(17)18)8(13)5-9(10)14/h4-5H,2-3,6H2,1H3,(H,15,16)(H,17,18). The van der Waals surface area contributed by atoms with E-state index in [0.29, 0.717) is 12.7 Å². The van der Waals surface area contributed by atoms with Gasteiger partial charge < -0.3 is 15.2 Å². The smallest absolute Gasteiger partial charge is 0.338 e. The van der Waals surface area contributed by atoms with Gasteiger partial charge in [-0.1, -0.05) is 6.92 Å². The van der Waals surface area contributed by atoms with Crippen LogP contribution in [0.1, 0.15) is 23.7 Å². The van der Waals surface area contributed by atoms with Crippen LogP contribution in [0.25, 0.3) is 0 Å². The van der Waals surface area contributed by atoms with Gasteiger partial charge in [0.05, 0.1) is 11.3 Å². The van der Waals surface area contributed by atoms with E-state index in [1.54, 1.807) is 0 Å². The largest absolute Gasteiger partial charge is 0.478 e. The summed E-state index contributed by atoms with van der Waals surface area (Å²) in [6.07, 6.45) is 0.724. The first-order valence-corrected chi connectivity index (χ1v) is 5.55. The molecule has 0 spiro atoms. The molecule has 5 nitrogen and oxygen atoms in total. The molecule has 1 rings (SSSR count). The van der Waals surface area contributed by atoms with Crippen LogP contribution in [0, 0.1) is 11.6 Å². The van der Waals surface area contributed by atoms with Gasteiger partial charge in [-0.05, 0) is 12.5 Å². The second-order valence-corrected chi connectivity index (χ2v) is 3.72. The Morgan fingerprint density at radius 1 is 1.32 bits per heavy atom. The maximum atomic E-state index is 13.4. The Kier molecular flexibility index (Phi) is 5.37. The Morgan fingerprint density at radius 3 is 2.58 bits per heavy atom. The summed E-state index contributed by atoms with van der Waals surface area (Å²) in [6, 6.07) is 1.14. The maximum Gasteiger partial charge on any atom is 0.338 e. The molecular formula is C12H13F2NO4. The number of carbonyl (C=O) groups excluding carboxylic acids is 1. The molecule has 0 aromatic heterocycles. The van der Waals surface area contributed by atoms with Crippen molar-refractivity contribution in [2.75, 3.05) is 18.5 Å². The maximum absolute atomic E-state index is 13.4. The second kappa shape index (κ2) is 6.79. The minimum Gasteiger partial charge on any atom is -0.478 e. The van der Waals surface area contributed by atoms with Gasteiger partial charge in [0, 0.05) is 12.7 Å². The van der Waals surface area contributed by atoms with Crippen LogP contribution >= 0.6 is 0 Å². The molecule has 1 aromatic rings. The van der Waals surface area contributed by atoms with E-state index in [-0.39, 0.29) is 6.61 Å². The van der Waals surface area contributed by atoms with Crippen LogP contribution < -0.4 is 5.32 Å².